The fourth-order valence-corrected chi connectivity index (χ4v) is 5.40. The lowest BCUT2D eigenvalue weighted by Gasteiger charge is -2.30. The van der Waals surface area contributed by atoms with Gasteiger partial charge in [-0.2, -0.15) is 4.31 Å². The number of anilines is 1. The van der Waals surface area contributed by atoms with Crippen LogP contribution in [0.25, 0.3) is 0 Å². The highest BCUT2D eigenvalue weighted by Crippen LogP contribution is 2.26. The highest BCUT2D eigenvalue weighted by molar-refractivity contribution is 7.91. The van der Waals surface area contributed by atoms with Crippen molar-refractivity contribution in [3.63, 3.8) is 0 Å². The Balaban J connectivity index is 1.68. The van der Waals surface area contributed by atoms with Gasteiger partial charge in [0.15, 0.2) is 9.84 Å². The Hall–Kier alpha value is -2.23. The number of piperidine rings is 1. The van der Waals surface area contributed by atoms with E-state index < -0.39 is 19.9 Å². The predicted octanol–water partition coefficient (Wildman–Crippen LogP) is 2.13. The average molecular weight is 423 g/mol. The van der Waals surface area contributed by atoms with Gasteiger partial charge in [-0.15, -0.1) is 0 Å². The predicted molar refractivity (Wildman–Crippen MR) is 106 cm³/mol. The number of sulfonamides is 1. The minimum absolute atomic E-state index is 0.0364. The van der Waals surface area contributed by atoms with Crippen LogP contribution in [0.5, 0.6) is 0 Å². The monoisotopic (exact) mass is 422 g/mol. The molecule has 2 aromatic rings. The van der Waals surface area contributed by atoms with E-state index in [-0.39, 0.29) is 34.7 Å². The van der Waals surface area contributed by atoms with Crippen LogP contribution >= 0.6 is 0 Å². The zero-order valence-corrected chi connectivity index (χ0v) is 17.0. The molecule has 1 amide bonds. The first-order chi connectivity index (χ1) is 13.2. The largest absolute Gasteiger partial charge is 0.326 e. The number of amides is 1. The van der Waals surface area contributed by atoms with Gasteiger partial charge in [-0.05, 0) is 43.2 Å². The van der Waals surface area contributed by atoms with Gasteiger partial charge in [0.1, 0.15) is 0 Å². The molecule has 0 atom stereocenters. The lowest BCUT2D eigenvalue weighted by atomic mass is 9.97. The molecule has 3 rings (SSSR count). The molecule has 2 aromatic carbocycles. The molecule has 0 radical (unpaired) electrons. The third-order valence-corrected chi connectivity index (χ3v) is 7.74. The van der Waals surface area contributed by atoms with Crippen molar-refractivity contribution in [2.75, 3.05) is 24.7 Å². The topological polar surface area (TPSA) is 101 Å². The van der Waals surface area contributed by atoms with Gasteiger partial charge in [0.2, 0.25) is 15.9 Å². The Morgan fingerprint density at radius 2 is 1.54 bits per heavy atom. The average Bonchev–Trinajstić information content (AvgIpc) is 2.68. The summed E-state index contributed by atoms with van der Waals surface area (Å²) >= 11 is 0. The normalized spacial score (nSPS) is 16.6. The van der Waals surface area contributed by atoms with E-state index in [0.717, 1.165) is 6.26 Å². The van der Waals surface area contributed by atoms with E-state index in [1.165, 1.54) is 28.6 Å². The van der Waals surface area contributed by atoms with Crippen LogP contribution in [0.1, 0.15) is 12.8 Å². The maximum absolute atomic E-state index is 12.9. The standard InChI is InChI=1S/C19H22N2O5S2/c1-27(23,24)17-8-5-9-18(14-17)28(25,26)21-12-10-15(11-13-21)19(22)20-16-6-3-2-4-7-16/h2-9,14-15H,10-13H2,1H3,(H,20,22). The summed E-state index contributed by atoms with van der Waals surface area (Å²) in [7, 11) is -7.32. The highest BCUT2D eigenvalue weighted by atomic mass is 32.2. The van der Waals surface area contributed by atoms with Crippen molar-refractivity contribution in [3.05, 3.63) is 54.6 Å². The number of nitrogens with zero attached hydrogens (tertiary/aromatic N) is 1. The van der Waals surface area contributed by atoms with Crippen LogP contribution in [0.3, 0.4) is 0 Å². The molecular weight excluding hydrogens is 400 g/mol. The van der Waals surface area contributed by atoms with E-state index in [9.17, 15) is 21.6 Å². The second-order valence-corrected chi connectivity index (χ2v) is 10.7. The molecule has 0 spiro atoms. The van der Waals surface area contributed by atoms with Gasteiger partial charge in [-0.25, -0.2) is 16.8 Å². The first-order valence-corrected chi connectivity index (χ1v) is 12.2. The van der Waals surface area contributed by atoms with Crippen molar-refractivity contribution in [1.82, 2.24) is 4.31 Å². The summed E-state index contributed by atoms with van der Waals surface area (Å²) in [6.07, 6.45) is 1.85. The van der Waals surface area contributed by atoms with Crippen molar-refractivity contribution in [1.29, 1.82) is 0 Å². The van der Waals surface area contributed by atoms with Gasteiger partial charge < -0.3 is 5.32 Å². The van der Waals surface area contributed by atoms with Crippen LogP contribution in [0.4, 0.5) is 5.69 Å². The SMILES string of the molecule is CS(=O)(=O)c1cccc(S(=O)(=O)N2CCC(C(=O)Nc3ccccc3)CC2)c1. The van der Waals surface area contributed by atoms with Crippen LogP contribution in [0, 0.1) is 5.92 Å². The summed E-state index contributed by atoms with van der Waals surface area (Å²) < 4.78 is 50.4. The second-order valence-electron chi connectivity index (χ2n) is 6.78. The summed E-state index contributed by atoms with van der Waals surface area (Å²) in [6.45, 7) is 0.413. The Morgan fingerprint density at radius 3 is 2.14 bits per heavy atom. The Kier molecular flexibility index (Phi) is 5.87. The van der Waals surface area contributed by atoms with Gasteiger partial charge >= 0.3 is 0 Å². The molecule has 1 aliphatic rings. The molecular formula is C19H22N2O5S2. The van der Waals surface area contributed by atoms with Crippen LogP contribution in [-0.4, -0.2) is 46.4 Å². The number of carbonyl (C=O) groups is 1. The fraction of sp³-hybridized carbons (Fsp3) is 0.316. The van der Waals surface area contributed by atoms with Crippen LogP contribution < -0.4 is 5.32 Å². The Bertz CT molecular complexity index is 1060. The zero-order valence-electron chi connectivity index (χ0n) is 15.4. The van der Waals surface area contributed by atoms with Crippen molar-refractivity contribution in [2.24, 2.45) is 5.92 Å². The molecule has 1 saturated heterocycles. The highest BCUT2D eigenvalue weighted by Gasteiger charge is 2.32. The maximum atomic E-state index is 12.9. The second kappa shape index (κ2) is 8.02. The molecule has 1 aliphatic heterocycles. The molecule has 1 N–H and O–H groups in total. The van der Waals surface area contributed by atoms with Crippen LogP contribution in [0.2, 0.25) is 0 Å². The number of hydrogen-bond donors (Lipinski definition) is 1. The van der Waals surface area contributed by atoms with Crippen molar-refractivity contribution in [2.45, 2.75) is 22.6 Å². The van der Waals surface area contributed by atoms with Crippen molar-refractivity contribution < 1.29 is 21.6 Å². The first-order valence-electron chi connectivity index (χ1n) is 8.84. The fourth-order valence-electron chi connectivity index (χ4n) is 3.14. The van der Waals surface area contributed by atoms with E-state index in [0.29, 0.717) is 18.5 Å². The van der Waals surface area contributed by atoms with Crippen LogP contribution in [0.15, 0.2) is 64.4 Å². The molecule has 7 nitrogen and oxygen atoms in total. The smallest absolute Gasteiger partial charge is 0.243 e. The molecule has 0 saturated carbocycles. The third-order valence-electron chi connectivity index (χ3n) is 4.74. The van der Waals surface area contributed by atoms with E-state index in [1.807, 2.05) is 18.2 Å². The summed E-state index contributed by atoms with van der Waals surface area (Å²) in [5.41, 5.74) is 0.708. The lowest BCUT2D eigenvalue weighted by molar-refractivity contribution is -0.120. The van der Waals surface area contributed by atoms with Gasteiger partial charge in [0, 0.05) is 31.0 Å². The number of para-hydroxylation sites is 1. The van der Waals surface area contributed by atoms with Gasteiger partial charge in [0.05, 0.1) is 9.79 Å². The molecule has 1 fully saturated rings. The summed E-state index contributed by atoms with van der Waals surface area (Å²) in [4.78, 5) is 12.3. The summed E-state index contributed by atoms with van der Waals surface area (Å²) in [6, 6.07) is 14.5. The third kappa shape index (κ3) is 4.60. The number of rotatable bonds is 5. The lowest BCUT2D eigenvalue weighted by Crippen LogP contribution is -2.41. The number of sulfone groups is 1. The van der Waals surface area contributed by atoms with Gasteiger partial charge in [-0.1, -0.05) is 24.3 Å². The van der Waals surface area contributed by atoms with Crippen LogP contribution in [-0.2, 0) is 24.7 Å². The molecule has 0 bridgehead atoms. The summed E-state index contributed by atoms with van der Waals surface area (Å²) in [5.74, 6) is -0.392. The molecule has 150 valence electrons. The van der Waals surface area contributed by atoms with E-state index >= 15 is 0 Å². The molecule has 1 heterocycles. The van der Waals surface area contributed by atoms with Crippen molar-refractivity contribution >= 4 is 31.5 Å². The van der Waals surface area contributed by atoms with E-state index in [4.69, 9.17) is 0 Å². The molecule has 9 heteroatoms. The maximum Gasteiger partial charge on any atom is 0.243 e. The minimum Gasteiger partial charge on any atom is -0.326 e. The molecule has 0 aromatic heterocycles. The first kappa shape index (κ1) is 20.5. The number of carbonyl (C=O) groups excluding carboxylic acids is 1. The number of nitrogens with one attached hydrogen (secondary N) is 1. The van der Waals surface area contributed by atoms with Gasteiger partial charge in [-0.3, -0.25) is 4.79 Å². The summed E-state index contributed by atoms with van der Waals surface area (Å²) in [5, 5.41) is 2.85. The van der Waals surface area contributed by atoms with Crippen molar-refractivity contribution in [3.8, 4) is 0 Å². The Labute approximate surface area is 165 Å². The van der Waals surface area contributed by atoms with Gasteiger partial charge in [0.25, 0.3) is 0 Å². The quantitative estimate of drug-likeness (QED) is 0.796. The Morgan fingerprint density at radius 1 is 0.929 bits per heavy atom. The zero-order chi connectivity index (χ0) is 20.4. The molecule has 0 unspecified atom stereocenters. The number of hydrogen-bond acceptors (Lipinski definition) is 5. The van der Waals surface area contributed by atoms with E-state index in [1.54, 1.807) is 12.1 Å². The van der Waals surface area contributed by atoms with E-state index in [2.05, 4.69) is 5.32 Å². The number of benzene rings is 2. The molecule has 28 heavy (non-hydrogen) atoms. The minimum atomic E-state index is -3.82. The molecule has 0 aliphatic carbocycles.